The Morgan fingerprint density at radius 3 is 1.93 bits per heavy atom. The van der Waals surface area contributed by atoms with Crippen LogP contribution in [0.1, 0.15) is 53.9 Å². The summed E-state index contributed by atoms with van der Waals surface area (Å²) in [5.41, 5.74) is -0.148. The van der Waals surface area contributed by atoms with Crippen LogP contribution in [0, 0.1) is 5.41 Å². The van der Waals surface area contributed by atoms with Crippen LogP contribution in [-0.2, 0) is 4.79 Å². The van der Waals surface area contributed by atoms with Crippen LogP contribution in [-0.4, -0.2) is 23.9 Å². The van der Waals surface area contributed by atoms with Gasteiger partial charge in [0.15, 0.2) is 0 Å². The number of carbonyl (C=O) groups excluding carboxylic acids is 1. The molecule has 0 bridgehead atoms. The standard InChI is InChI=1S/C12H25NO/c1-6-10-13(9-4)11(14)12(5,7-2)8-3/h6-10H2,1-5H3. The summed E-state index contributed by atoms with van der Waals surface area (Å²) in [6.07, 6.45) is 2.91. The first kappa shape index (κ1) is 13.5. The Bertz CT molecular complexity index is 173. The Morgan fingerprint density at radius 1 is 1.14 bits per heavy atom. The molecule has 14 heavy (non-hydrogen) atoms. The van der Waals surface area contributed by atoms with Gasteiger partial charge in [0.2, 0.25) is 5.91 Å². The lowest BCUT2D eigenvalue weighted by molar-refractivity contribution is -0.141. The van der Waals surface area contributed by atoms with Gasteiger partial charge < -0.3 is 4.90 Å². The van der Waals surface area contributed by atoms with Gasteiger partial charge in [-0.3, -0.25) is 4.79 Å². The summed E-state index contributed by atoms with van der Waals surface area (Å²) in [7, 11) is 0. The van der Waals surface area contributed by atoms with Gasteiger partial charge in [-0.1, -0.05) is 27.7 Å². The van der Waals surface area contributed by atoms with Gasteiger partial charge in [0, 0.05) is 18.5 Å². The number of amides is 1. The minimum atomic E-state index is -0.148. The van der Waals surface area contributed by atoms with E-state index in [2.05, 4.69) is 34.6 Å². The molecule has 0 saturated carbocycles. The van der Waals surface area contributed by atoms with Crippen molar-refractivity contribution in [1.82, 2.24) is 4.90 Å². The Labute approximate surface area is 88.7 Å². The SMILES string of the molecule is CCCN(CC)C(=O)C(C)(CC)CC. The molecular weight excluding hydrogens is 174 g/mol. The highest BCUT2D eigenvalue weighted by molar-refractivity contribution is 5.82. The highest BCUT2D eigenvalue weighted by Crippen LogP contribution is 2.28. The topological polar surface area (TPSA) is 20.3 Å². The lowest BCUT2D eigenvalue weighted by atomic mass is 9.83. The molecule has 0 spiro atoms. The number of hydrogen-bond acceptors (Lipinski definition) is 1. The second kappa shape index (κ2) is 6.05. The van der Waals surface area contributed by atoms with Gasteiger partial charge in [-0.15, -0.1) is 0 Å². The Kier molecular flexibility index (Phi) is 5.82. The first-order chi connectivity index (χ1) is 6.55. The average Bonchev–Trinajstić information content (AvgIpc) is 2.23. The maximum atomic E-state index is 12.2. The predicted octanol–water partition coefficient (Wildman–Crippen LogP) is 3.07. The number of carbonyl (C=O) groups is 1. The van der Waals surface area contributed by atoms with Gasteiger partial charge in [0.05, 0.1) is 0 Å². The van der Waals surface area contributed by atoms with Crippen LogP contribution in [0.15, 0.2) is 0 Å². The molecule has 0 aromatic heterocycles. The fourth-order valence-electron chi connectivity index (χ4n) is 1.61. The van der Waals surface area contributed by atoms with Gasteiger partial charge >= 0.3 is 0 Å². The number of nitrogens with zero attached hydrogens (tertiary/aromatic N) is 1. The molecule has 1 amide bonds. The lowest BCUT2D eigenvalue weighted by Crippen LogP contribution is -2.42. The summed E-state index contributed by atoms with van der Waals surface area (Å²) in [4.78, 5) is 14.2. The van der Waals surface area contributed by atoms with Gasteiger partial charge in [-0.2, -0.15) is 0 Å². The van der Waals surface area contributed by atoms with Crippen molar-refractivity contribution in [3.05, 3.63) is 0 Å². The molecule has 84 valence electrons. The van der Waals surface area contributed by atoms with Gasteiger partial charge in [-0.05, 0) is 26.2 Å². The summed E-state index contributed by atoms with van der Waals surface area (Å²) in [6, 6.07) is 0. The highest BCUT2D eigenvalue weighted by atomic mass is 16.2. The first-order valence-electron chi connectivity index (χ1n) is 5.85. The molecule has 0 aromatic carbocycles. The van der Waals surface area contributed by atoms with Gasteiger partial charge in [0.1, 0.15) is 0 Å². The Balaban J connectivity index is 4.53. The second-order valence-electron chi connectivity index (χ2n) is 4.15. The summed E-state index contributed by atoms with van der Waals surface area (Å²) in [5.74, 6) is 0.326. The zero-order valence-corrected chi connectivity index (χ0v) is 10.4. The molecule has 0 rings (SSSR count). The van der Waals surface area contributed by atoms with Crippen molar-refractivity contribution < 1.29 is 4.79 Å². The maximum Gasteiger partial charge on any atom is 0.228 e. The highest BCUT2D eigenvalue weighted by Gasteiger charge is 2.32. The minimum absolute atomic E-state index is 0.148. The Hall–Kier alpha value is -0.530. The fraction of sp³-hybridized carbons (Fsp3) is 0.917. The summed E-state index contributed by atoms with van der Waals surface area (Å²) in [6.45, 7) is 12.2. The molecule has 0 aromatic rings. The average molecular weight is 199 g/mol. The quantitative estimate of drug-likeness (QED) is 0.644. The molecule has 0 unspecified atom stereocenters. The van der Waals surface area contributed by atoms with E-state index in [1.165, 1.54) is 0 Å². The normalized spacial score (nSPS) is 11.5. The van der Waals surface area contributed by atoms with E-state index < -0.39 is 0 Å². The molecule has 0 aliphatic carbocycles. The van der Waals surface area contributed by atoms with Crippen molar-refractivity contribution in [3.63, 3.8) is 0 Å². The van der Waals surface area contributed by atoms with E-state index >= 15 is 0 Å². The minimum Gasteiger partial charge on any atom is -0.343 e. The summed E-state index contributed by atoms with van der Waals surface area (Å²) < 4.78 is 0. The molecule has 0 atom stereocenters. The van der Waals surface area contributed by atoms with E-state index in [9.17, 15) is 4.79 Å². The van der Waals surface area contributed by atoms with E-state index in [1.54, 1.807) is 0 Å². The molecule has 0 N–H and O–H groups in total. The molecule has 0 heterocycles. The van der Waals surface area contributed by atoms with Gasteiger partial charge in [-0.25, -0.2) is 0 Å². The van der Waals surface area contributed by atoms with E-state index in [4.69, 9.17) is 0 Å². The van der Waals surface area contributed by atoms with Crippen LogP contribution in [0.3, 0.4) is 0 Å². The van der Waals surface area contributed by atoms with Gasteiger partial charge in [0.25, 0.3) is 0 Å². The van der Waals surface area contributed by atoms with Crippen LogP contribution in [0.2, 0.25) is 0 Å². The van der Waals surface area contributed by atoms with Crippen molar-refractivity contribution in [2.45, 2.75) is 53.9 Å². The third kappa shape index (κ3) is 3.00. The number of rotatable bonds is 6. The van der Waals surface area contributed by atoms with E-state index in [0.717, 1.165) is 32.4 Å². The van der Waals surface area contributed by atoms with Crippen LogP contribution < -0.4 is 0 Å². The largest absolute Gasteiger partial charge is 0.343 e. The van der Waals surface area contributed by atoms with E-state index in [-0.39, 0.29) is 5.41 Å². The number of hydrogen-bond donors (Lipinski definition) is 0. The summed E-state index contributed by atoms with van der Waals surface area (Å²) >= 11 is 0. The van der Waals surface area contributed by atoms with Crippen LogP contribution >= 0.6 is 0 Å². The zero-order chi connectivity index (χ0) is 11.2. The monoisotopic (exact) mass is 199 g/mol. The maximum absolute atomic E-state index is 12.2. The molecule has 0 radical (unpaired) electrons. The summed E-state index contributed by atoms with van der Waals surface area (Å²) in [5, 5.41) is 0. The van der Waals surface area contributed by atoms with Crippen molar-refractivity contribution >= 4 is 5.91 Å². The molecule has 2 nitrogen and oxygen atoms in total. The molecule has 2 heteroatoms. The lowest BCUT2D eigenvalue weighted by Gasteiger charge is -2.32. The van der Waals surface area contributed by atoms with Crippen molar-refractivity contribution in [3.8, 4) is 0 Å². The molecule has 0 aliphatic rings. The molecule has 0 saturated heterocycles. The van der Waals surface area contributed by atoms with Crippen molar-refractivity contribution in [2.24, 2.45) is 5.41 Å². The van der Waals surface area contributed by atoms with E-state index in [0.29, 0.717) is 5.91 Å². The first-order valence-corrected chi connectivity index (χ1v) is 5.85. The molecular formula is C12H25NO. The smallest absolute Gasteiger partial charge is 0.228 e. The third-order valence-electron chi connectivity index (χ3n) is 3.24. The van der Waals surface area contributed by atoms with Crippen molar-refractivity contribution in [2.75, 3.05) is 13.1 Å². The molecule has 0 aliphatic heterocycles. The van der Waals surface area contributed by atoms with Crippen LogP contribution in [0.4, 0.5) is 0 Å². The predicted molar refractivity (Wildman–Crippen MR) is 61.2 cm³/mol. The van der Waals surface area contributed by atoms with Crippen LogP contribution in [0.25, 0.3) is 0 Å². The third-order valence-corrected chi connectivity index (χ3v) is 3.24. The van der Waals surface area contributed by atoms with E-state index in [1.807, 2.05) is 4.90 Å². The van der Waals surface area contributed by atoms with Crippen LogP contribution in [0.5, 0.6) is 0 Å². The van der Waals surface area contributed by atoms with Crippen molar-refractivity contribution in [1.29, 1.82) is 0 Å². The fourth-order valence-corrected chi connectivity index (χ4v) is 1.61. The Morgan fingerprint density at radius 2 is 1.64 bits per heavy atom. The second-order valence-corrected chi connectivity index (χ2v) is 4.15. The zero-order valence-electron chi connectivity index (χ0n) is 10.4. The molecule has 0 fully saturated rings.